The van der Waals surface area contributed by atoms with Gasteiger partial charge in [-0.3, -0.25) is 4.79 Å². The van der Waals surface area contributed by atoms with Crippen molar-refractivity contribution in [2.75, 3.05) is 19.8 Å². The molecule has 1 aliphatic carbocycles. The largest absolute Gasteiger partial charge is 0.480 e. The Balaban J connectivity index is 1.32. The number of amides is 2. The minimum absolute atomic E-state index is 0.0336. The van der Waals surface area contributed by atoms with Gasteiger partial charge in [0, 0.05) is 25.0 Å². The number of carbonyl (C=O) groups is 3. The fraction of sp³-hybridized carbons (Fsp3) is 0.444. The van der Waals surface area contributed by atoms with Gasteiger partial charge in [-0.15, -0.1) is 0 Å². The van der Waals surface area contributed by atoms with Gasteiger partial charge in [0.1, 0.15) is 18.2 Å². The molecule has 0 bridgehead atoms. The first kappa shape index (κ1) is 24.7. The Morgan fingerprint density at radius 1 is 1.09 bits per heavy atom. The summed E-state index contributed by atoms with van der Waals surface area (Å²) in [6.45, 7) is 4.13. The molecule has 0 spiro atoms. The van der Waals surface area contributed by atoms with Crippen molar-refractivity contribution in [2.45, 2.75) is 50.7 Å². The third-order valence-corrected chi connectivity index (χ3v) is 6.95. The molecule has 35 heavy (non-hydrogen) atoms. The number of hydrogen-bond acceptors (Lipinski definition) is 5. The van der Waals surface area contributed by atoms with Crippen LogP contribution in [-0.4, -0.2) is 54.5 Å². The number of carboxylic acids is 1. The highest BCUT2D eigenvalue weighted by Gasteiger charge is 2.40. The van der Waals surface area contributed by atoms with Gasteiger partial charge >= 0.3 is 12.1 Å². The zero-order valence-electron chi connectivity index (χ0n) is 20.1. The van der Waals surface area contributed by atoms with Gasteiger partial charge in [0.25, 0.3) is 0 Å². The number of carbonyl (C=O) groups excluding carboxylic acids is 2. The Labute approximate surface area is 205 Å². The highest BCUT2D eigenvalue weighted by atomic mass is 16.5. The second-order valence-corrected chi connectivity index (χ2v) is 9.42. The predicted molar refractivity (Wildman–Crippen MR) is 130 cm³/mol. The van der Waals surface area contributed by atoms with Crippen LogP contribution in [0.3, 0.4) is 0 Å². The van der Waals surface area contributed by atoms with E-state index < -0.39 is 29.6 Å². The Morgan fingerprint density at radius 3 is 2.31 bits per heavy atom. The van der Waals surface area contributed by atoms with Crippen molar-refractivity contribution in [3.63, 3.8) is 0 Å². The summed E-state index contributed by atoms with van der Waals surface area (Å²) >= 11 is 0. The minimum atomic E-state index is -1.36. The fourth-order valence-electron chi connectivity index (χ4n) is 5.06. The van der Waals surface area contributed by atoms with Gasteiger partial charge in [-0.25, -0.2) is 9.59 Å². The van der Waals surface area contributed by atoms with Gasteiger partial charge in [-0.2, -0.15) is 0 Å². The summed E-state index contributed by atoms with van der Waals surface area (Å²) < 4.78 is 11.2. The van der Waals surface area contributed by atoms with E-state index in [9.17, 15) is 19.5 Å². The number of benzene rings is 2. The lowest BCUT2D eigenvalue weighted by molar-refractivity contribution is -0.149. The van der Waals surface area contributed by atoms with Crippen molar-refractivity contribution in [3.8, 4) is 11.1 Å². The molecule has 186 valence electrons. The zero-order chi connectivity index (χ0) is 25.0. The summed E-state index contributed by atoms with van der Waals surface area (Å²) in [5, 5.41) is 14.9. The molecule has 2 aliphatic rings. The Bertz CT molecular complexity index is 1060. The van der Waals surface area contributed by atoms with Crippen LogP contribution in [-0.2, 0) is 19.1 Å². The molecule has 0 aromatic heterocycles. The number of nitrogens with one attached hydrogen (secondary N) is 2. The van der Waals surface area contributed by atoms with E-state index in [0.717, 1.165) is 22.3 Å². The van der Waals surface area contributed by atoms with E-state index in [4.69, 9.17) is 9.47 Å². The van der Waals surface area contributed by atoms with Crippen molar-refractivity contribution in [3.05, 3.63) is 59.7 Å². The summed E-state index contributed by atoms with van der Waals surface area (Å²) in [6, 6.07) is 16.3. The van der Waals surface area contributed by atoms with Crippen molar-refractivity contribution in [1.29, 1.82) is 0 Å². The molecular weight excluding hydrogens is 448 g/mol. The van der Waals surface area contributed by atoms with E-state index in [1.54, 1.807) is 0 Å². The lowest BCUT2D eigenvalue weighted by atomic mass is 9.94. The maximum atomic E-state index is 12.8. The van der Waals surface area contributed by atoms with Crippen LogP contribution in [0.5, 0.6) is 0 Å². The molecule has 1 fully saturated rings. The summed E-state index contributed by atoms with van der Waals surface area (Å²) in [5.74, 6) is -1.86. The average Bonchev–Trinajstić information content (AvgIpc) is 3.44. The fourth-order valence-corrected chi connectivity index (χ4v) is 5.06. The first-order valence-electron chi connectivity index (χ1n) is 12.1. The van der Waals surface area contributed by atoms with Gasteiger partial charge in [0.2, 0.25) is 5.91 Å². The van der Waals surface area contributed by atoms with Crippen LogP contribution >= 0.6 is 0 Å². The molecule has 3 unspecified atom stereocenters. The molecule has 2 amide bonds. The SMILES string of the molecule is CCCC(C)(NC(=O)C1OCCC1CNC(=O)OCC1c2ccccc2-c2ccccc21)C(=O)O. The molecule has 0 radical (unpaired) electrons. The van der Waals surface area contributed by atoms with Crippen LogP contribution in [0.25, 0.3) is 11.1 Å². The van der Waals surface area contributed by atoms with E-state index in [1.807, 2.05) is 31.2 Å². The zero-order valence-corrected chi connectivity index (χ0v) is 20.1. The topological polar surface area (TPSA) is 114 Å². The Morgan fingerprint density at radius 2 is 1.71 bits per heavy atom. The monoisotopic (exact) mass is 480 g/mol. The number of rotatable bonds is 9. The molecule has 4 rings (SSSR count). The number of fused-ring (bicyclic) bond motifs is 3. The number of alkyl carbamates (subject to hydrolysis) is 1. The normalized spacial score (nSPS) is 20.4. The number of ether oxygens (including phenoxy) is 2. The molecule has 2 aromatic carbocycles. The van der Waals surface area contributed by atoms with Crippen LogP contribution in [0.2, 0.25) is 0 Å². The van der Waals surface area contributed by atoms with Crippen LogP contribution in [0.15, 0.2) is 48.5 Å². The van der Waals surface area contributed by atoms with Gasteiger partial charge in [-0.05, 0) is 42.0 Å². The molecule has 8 nitrogen and oxygen atoms in total. The highest BCUT2D eigenvalue weighted by molar-refractivity contribution is 5.89. The maximum Gasteiger partial charge on any atom is 0.407 e. The van der Waals surface area contributed by atoms with Crippen LogP contribution in [0, 0.1) is 5.92 Å². The van der Waals surface area contributed by atoms with E-state index in [-0.39, 0.29) is 25.0 Å². The van der Waals surface area contributed by atoms with Crippen LogP contribution in [0.1, 0.15) is 50.2 Å². The van der Waals surface area contributed by atoms with Gasteiger partial charge in [0.05, 0.1) is 0 Å². The molecular formula is C27H32N2O6. The van der Waals surface area contributed by atoms with Crippen LogP contribution < -0.4 is 10.6 Å². The van der Waals surface area contributed by atoms with E-state index >= 15 is 0 Å². The van der Waals surface area contributed by atoms with Gasteiger partial charge in [-0.1, -0.05) is 61.9 Å². The van der Waals surface area contributed by atoms with Crippen molar-refractivity contribution in [1.82, 2.24) is 10.6 Å². The molecule has 1 saturated heterocycles. The van der Waals surface area contributed by atoms with Gasteiger partial charge < -0.3 is 25.2 Å². The van der Waals surface area contributed by atoms with Gasteiger partial charge in [0.15, 0.2) is 0 Å². The predicted octanol–water partition coefficient (Wildman–Crippen LogP) is 3.69. The second kappa shape index (κ2) is 10.5. The smallest absolute Gasteiger partial charge is 0.407 e. The molecule has 1 aliphatic heterocycles. The molecule has 1 heterocycles. The second-order valence-electron chi connectivity index (χ2n) is 9.42. The summed E-state index contributed by atoms with van der Waals surface area (Å²) in [6.07, 6.45) is 0.128. The molecule has 2 aromatic rings. The lowest BCUT2D eigenvalue weighted by Gasteiger charge is -2.28. The minimum Gasteiger partial charge on any atom is -0.480 e. The third kappa shape index (κ3) is 5.17. The Kier molecular flexibility index (Phi) is 7.40. The standard InChI is InChI=1S/C27H32N2O6/c1-3-13-27(2,25(31)32)29-24(30)23-17(12-14-34-23)15-28-26(33)35-16-22-20-10-6-4-8-18(20)19-9-5-7-11-21(19)22/h4-11,17,22-23H,3,12-16H2,1-2H3,(H,28,33)(H,29,30)(H,31,32). The van der Waals surface area contributed by atoms with Crippen molar-refractivity contribution in [2.24, 2.45) is 5.92 Å². The maximum absolute atomic E-state index is 12.8. The van der Waals surface area contributed by atoms with E-state index in [2.05, 4.69) is 34.9 Å². The van der Waals surface area contributed by atoms with Crippen LogP contribution in [0.4, 0.5) is 4.79 Å². The highest BCUT2D eigenvalue weighted by Crippen LogP contribution is 2.44. The molecule has 3 atom stereocenters. The van der Waals surface area contributed by atoms with Crippen molar-refractivity contribution < 1.29 is 29.0 Å². The Hall–Kier alpha value is -3.39. The molecule has 0 saturated carbocycles. The van der Waals surface area contributed by atoms with E-state index in [1.165, 1.54) is 6.92 Å². The van der Waals surface area contributed by atoms with Crippen molar-refractivity contribution >= 4 is 18.0 Å². The number of aliphatic carboxylic acids is 1. The third-order valence-electron chi connectivity index (χ3n) is 6.95. The lowest BCUT2D eigenvalue weighted by Crippen LogP contribution is -2.56. The average molecular weight is 481 g/mol. The molecule has 3 N–H and O–H groups in total. The van der Waals surface area contributed by atoms with E-state index in [0.29, 0.717) is 25.9 Å². The number of carboxylic acid groups (broad SMARTS) is 1. The summed E-state index contributed by atoms with van der Waals surface area (Å²) in [4.78, 5) is 37.0. The first-order chi connectivity index (χ1) is 16.8. The number of hydrogen-bond donors (Lipinski definition) is 3. The quantitative estimate of drug-likeness (QED) is 0.504. The molecule has 8 heteroatoms. The first-order valence-corrected chi connectivity index (χ1v) is 12.1. The summed E-state index contributed by atoms with van der Waals surface area (Å²) in [5.41, 5.74) is 3.23. The summed E-state index contributed by atoms with van der Waals surface area (Å²) in [7, 11) is 0.